The van der Waals surface area contributed by atoms with Crippen molar-refractivity contribution in [2.24, 2.45) is 0 Å². The second kappa shape index (κ2) is 5.07. The van der Waals surface area contributed by atoms with Crippen LogP contribution < -0.4 is 5.56 Å². The van der Waals surface area contributed by atoms with Crippen LogP contribution in [-0.4, -0.2) is 9.55 Å². The molecule has 1 aromatic carbocycles. The van der Waals surface area contributed by atoms with Gasteiger partial charge < -0.3 is 0 Å². The molecular weight excluding hydrogens is 316 g/mol. The average molecular weight is 329 g/mol. The molecule has 0 radical (unpaired) electrons. The van der Waals surface area contributed by atoms with Crippen molar-refractivity contribution in [1.29, 1.82) is 0 Å². The summed E-state index contributed by atoms with van der Waals surface area (Å²) in [6.07, 6.45) is 2.98. The van der Waals surface area contributed by atoms with Gasteiger partial charge in [0.15, 0.2) is 0 Å². The maximum Gasteiger partial charge on any atom is 0.261 e. The maximum absolute atomic E-state index is 12.6. The molecule has 3 heterocycles. The minimum absolute atomic E-state index is 0.00624. The molecule has 0 atom stereocenters. The highest BCUT2D eigenvalue weighted by Gasteiger charge is 2.21. The smallest absolute Gasteiger partial charge is 0.261 e. The lowest BCUT2D eigenvalue weighted by Crippen LogP contribution is -2.20. The standard InChI is InChI=1S/C17H13ClN2OS/c1-10-2-4-13(22-10)8-11-6-7-20-16(11)19-15-5-3-12(18)9-14(15)17(20)21/h2-5,8-9H,6-7H2,1H3. The molecular formula is C17H13ClN2OS. The molecule has 3 nitrogen and oxygen atoms in total. The minimum Gasteiger partial charge on any atom is -0.292 e. The van der Waals surface area contributed by atoms with Gasteiger partial charge in [0.25, 0.3) is 5.56 Å². The van der Waals surface area contributed by atoms with Gasteiger partial charge in [-0.25, -0.2) is 4.98 Å². The molecule has 0 amide bonds. The SMILES string of the molecule is Cc1ccc(C=C2CCn3c2nc2ccc(Cl)cc2c3=O)s1. The zero-order valence-corrected chi connectivity index (χ0v) is 13.5. The van der Waals surface area contributed by atoms with Crippen LogP contribution >= 0.6 is 22.9 Å². The summed E-state index contributed by atoms with van der Waals surface area (Å²) >= 11 is 7.74. The van der Waals surface area contributed by atoms with Gasteiger partial charge in [-0.3, -0.25) is 9.36 Å². The Morgan fingerprint density at radius 3 is 2.95 bits per heavy atom. The number of thiophene rings is 1. The summed E-state index contributed by atoms with van der Waals surface area (Å²) < 4.78 is 1.75. The highest BCUT2D eigenvalue weighted by molar-refractivity contribution is 7.12. The molecule has 0 unspecified atom stereocenters. The lowest BCUT2D eigenvalue weighted by atomic mass is 10.2. The Balaban J connectivity index is 1.92. The van der Waals surface area contributed by atoms with Crippen molar-refractivity contribution in [1.82, 2.24) is 9.55 Å². The number of hydrogen-bond donors (Lipinski definition) is 0. The second-order valence-electron chi connectivity index (χ2n) is 5.42. The number of halogens is 1. The molecule has 0 saturated heterocycles. The Morgan fingerprint density at radius 1 is 1.32 bits per heavy atom. The normalized spacial score (nSPS) is 15.6. The predicted molar refractivity (Wildman–Crippen MR) is 92.6 cm³/mol. The molecule has 0 aliphatic carbocycles. The molecule has 0 fully saturated rings. The fraction of sp³-hybridized carbons (Fsp3) is 0.176. The molecule has 0 bridgehead atoms. The van der Waals surface area contributed by atoms with Crippen LogP contribution in [0.5, 0.6) is 0 Å². The van der Waals surface area contributed by atoms with E-state index in [2.05, 4.69) is 30.1 Å². The number of aryl methyl sites for hydroxylation is 1. The lowest BCUT2D eigenvalue weighted by molar-refractivity contribution is 0.725. The van der Waals surface area contributed by atoms with E-state index >= 15 is 0 Å². The van der Waals surface area contributed by atoms with E-state index in [0.717, 1.165) is 17.8 Å². The zero-order chi connectivity index (χ0) is 15.3. The Kier molecular flexibility index (Phi) is 3.17. The second-order valence-corrected chi connectivity index (χ2v) is 7.18. The fourth-order valence-corrected chi connectivity index (χ4v) is 3.85. The first-order chi connectivity index (χ1) is 10.6. The van der Waals surface area contributed by atoms with E-state index in [-0.39, 0.29) is 5.56 Å². The summed E-state index contributed by atoms with van der Waals surface area (Å²) in [7, 11) is 0. The number of nitrogens with zero attached hydrogens (tertiary/aromatic N) is 2. The molecule has 4 rings (SSSR count). The molecule has 2 aromatic heterocycles. The highest BCUT2D eigenvalue weighted by atomic mass is 35.5. The number of benzene rings is 1. The number of hydrogen-bond acceptors (Lipinski definition) is 3. The Hall–Kier alpha value is -1.91. The largest absolute Gasteiger partial charge is 0.292 e. The van der Waals surface area contributed by atoms with Crippen LogP contribution in [0.3, 0.4) is 0 Å². The third kappa shape index (κ3) is 2.19. The molecule has 0 N–H and O–H groups in total. The molecule has 1 aliphatic rings. The number of allylic oxidation sites excluding steroid dienone is 1. The van der Waals surface area contributed by atoms with Crippen LogP contribution in [-0.2, 0) is 6.54 Å². The summed E-state index contributed by atoms with van der Waals surface area (Å²) in [5, 5.41) is 1.15. The Labute approximate surface area is 136 Å². The van der Waals surface area contributed by atoms with Crippen molar-refractivity contribution >= 4 is 45.5 Å². The van der Waals surface area contributed by atoms with E-state index in [1.807, 2.05) is 6.07 Å². The summed E-state index contributed by atoms with van der Waals surface area (Å²) in [5.74, 6) is 0.783. The van der Waals surface area contributed by atoms with Gasteiger partial charge in [0, 0.05) is 21.3 Å². The first kappa shape index (κ1) is 13.7. The van der Waals surface area contributed by atoms with Crippen molar-refractivity contribution in [3.63, 3.8) is 0 Å². The maximum atomic E-state index is 12.6. The third-order valence-corrected chi connectivity index (χ3v) is 5.07. The summed E-state index contributed by atoms with van der Waals surface area (Å²) in [6, 6.07) is 9.49. The zero-order valence-electron chi connectivity index (χ0n) is 12.0. The van der Waals surface area contributed by atoms with Gasteiger partial charge in [-0.05, 0) is 55.3 Å². The van der Waals surface area contributed by atoms with E-state index in [9.17, 15) is 4.79 Å². The molecule has 0 spiro atoms. The molecule has 110 valence electrons. The number of fused-ring (bicyclic) bond motifs is 2. The molecule has 3 aromatic rings. The molecule has 5 heteroatoms. The number of aromatic nitrogens is 2. The summed E-state index contributed by atoms with van der Waals surface area (Å²) in [6.45, 7) is 2.77. The van der Waals surface area contributed by atoms with E-state index in [1.165, 1.54) is 9.75 Å². The van der Waals surface area contributed by atoms with Crippen molar-refractivity contribution in [2.45, 2.75) is 19.9 Å². The highest BCUT2D eigenvalue weighted by Crippen LogP contribution is 2.29. The van der Waals surface area contributed by atoms with Crippen molar-refractivity contribution in [2.75, 3.05) is 0 Å². The van der Waals surface area contributed by atoms with Crippen LogP contribution in [0, 0.1) is 6.92 Å². The summed E-state index contributed by atoms with van der Waals surface area (Å²) in [4.78, 5) is 19.8. The van der Waals surface area contributed by atoms with E-state index in [4.69, 9.17) is 11.6 Å². The van der Waals surface area contributed by atoms with E-state index < -0.39 is 0 Å². The first-order valence-corrected chi connectivity index (χ1v) is 8.29. The molecule has 1 aliphatic heterocycles. The van der Waals surface area contributed by atoms with Crippen LogP contribution in [0.2, 0.25) is 5.02 Å². The van der Waals surface area contributed by atoms with Crippen LogP contribution in [0.25, 0.3) is 22.6 Å². The van der Waals surface area contributed by atoms with Gasteiger partial charge in [-0.15, -0.1) is 11.3 Å². The van der Waals surface area contributed by atoms with Crippen LogP contribution in [0.4, 0.5) is 0 Å². The van der Waals surface area contributed by atoms with Gasteiger partial charge in [-0.1, -0.05) is 11.6 Å². The van der Waals surface area contributed by atoms with Gasteiger partial charge in [0.1, 0.15) is 5.82 Å². The van der Waals surface area contributed by atoms with Gasteiger partial charge in [-0.2, -0.15) is 0 Å². The van der Waals surface area contributed by atoms with Crippen LogP contribution in [0.1, 0.15) is 22.0 Å². The van der Waals surface area contributed by atoms with Crippen molar-refractivity contribution in [3.05, 3.63) is 61.3 Å². The third-order valence-electron chi connectivity index (χ3n) is 3.89. The fourth-order valence-electron chi connectivity index (χ4n) is 2.83. The van der Waals surface area contributed by atoms with Crippen LogP contribution in [0.15, 0.2) is 35.1 Å². The lowest BCUT2D eigenvalue weighted by Gasteiger charge is -2.05. The first-order valence-electron chi connectivity index (χ1n) is 7.09. The van der Waals surface area contributed by atoms with E-state index in [1.54, 1.807) is 28.0 Å². The topological polar surface area (TPSA) is 34.9 Å². The number of rotatable bonds is 1. The Morgan fingerprint density at radius 2 is 2.18 bits per heavy atom. The van der Waals surface area contributed by atoms with Gasteiger partial charge in [0.2, 0.25) is 0 Å². The predicted octanol–water partition coefficient (Wildman–Crippen LogP) is 4.36. The average Bonchev–Trinajstić information content (AvgIpc) is 3.08. The van der Waals surface area contributed by atoms with Crippen molar-refractivity contribution in [3.8, 4) is 0 Å². The Bertz CT molecular complexity index is 984. The minimum atomic E-state index is -0.00624. The molecule has 22 heavy (non-hydrogen) atoms. The monoisotopic (exact) mass is 328 g/mol. The molecule has 0 saturated carbocycles. The quantitative estimate of drug-likeness (QED) is 0.665. The van der Waals surface area contributed by atoms with Gasteiger partial charge >= 0.3 is 0 Å². The van der Waals surface area contributed by atoms with Crippen molar-refractivity contribution < 1.29 is 0 Å². The van der Waals surface area contributed by atoms with Gasteiger partial charge in [0.05, 0.1) is 10.9 Å². The summed E-state index contributed by atoms with van der Waals surface area (Å²) in [5.41, 5.74) is 1.82. The van der Waals surface area contributed by atoms with E-state index in [0.29, 0.717) is 22.5 Å².